The molecular weight excluding hydrogens is 1140 g/mol. The van der Waals surface area contributed by atoms with Gasteiger partial charge in [0.05, 0.1) is 26.4 Å². The fraction of sp³-hybridized carbons (Fsp3) is 0.940. The molecule has 0 rings (SSSR count). The highest BCUT2D eigenvalue weighted by atomic mass is 31.2. The molecule has 19 heteroatoms. The zero-order valence-corrected chi connectivity index (χ0v) is 57.7. The average molecular weight is 1270 g/mol. The highest BCUT2D eigenvalue weighted by molar-refractivity contribution is 7.47. The molecule has 0 saturated carbocycles. The lowest BCUT2D eigenvalue weighted by Gasteiger charge is -2.21. The molecule has 0 spiro atoms. The van der Waals surface area contributed by atoms with Gasteiger partial charge >= 0.3 is 39.5 Å². The molecule has 0 aromatic heterocycles. The van der Waals surface area contributed by atoms with Crippen LogP contribution in [0, 0.1) is 23.7 Å². The summed E-state index contributed by atoms with van der Waals surface area (Å²) >= 11 is 0. The van der Waals surface area contributed by atoms with Gasteiger partial charge in [0.2, 0.25) is 0 Å². The Bertz CT molecular complexity index is 1720. The van der Waals surface area contributed by atoms with Crippen LogP contribution in [-0.4, -0.2) is 96.7 Å². The first kappa shape index (κ1) is 84.1. The molecule has 6 atom stereocenters. The summed E-state index contributed by atoms with van der Waals surface area (Å²) in [6.45, 7) is 14.0. The molecule has 0 aliphatic heterocycles. The normalized spacial score (nSPS) is 14.7. The summed E-state index contributed by atoms with van der Waals surface area (Å²) in [6.07, 6.45) is 37.8. The van der Waals surface area contributed by atoms with Gasteiger partial charge in [0, 0.05) is 25.7 Å². The summed E-state index contributed by atoms with van der Waals surface area (Å²) < 4.78 is 68.1. The quantitative estimate of drug-likeness (QED) is 0.0222. The van der Waals surface area contributed by atoms with Gasteiger partial charge in [-0.1, -0.05) is 274 Å². The topological polar surface area (TPSA) is 237 Å². The van der Waals surface area contributed by atoms with Crippen LogP contribution in [0.1, 0.15) is 325 Å². The van der Waals surface area contributed by atoms with Crippen molar-refractivity contribution in [3.63, 3.8) is 0 Å². The Hall–Kier alpha value is -1.94. The fourth-order valence-electron chi connectivity index (χ4n) is 9.93. The van der Waals surface area contributed by atoms with Crippen molar-refractivity contribution in [2.45, 2.75) is 343 Å². The minimum absolute atomic E-state index is 0.102. The molecule has 0 aliphatic rings. The number of hydrogen-bond acceptors (Lipinski definition) is 15. The monoisotopic (exact) mass is 1270 g/mol. The second-order valence-corrected chi connectivity index (χ2v) is 28.8. The number of carbonyl (C=O) groups is 4. The van der Waals surface area contributed by atoms with Gasteiger partial charge in [-0.15, -0.1) is 0 Å². The van der Waals surface area contributed by atoms with Crippen molar-refractivity contribution in [3.8, 4) is 0 Å². The van der Waals surface area contributed by atoms with Crippen LogP contribution in [0.3, 0.4) is 0 Å². The molecule has 3 N–H and O–H groups in total. The third kappa shape index (κ3) is 59.7. The molecular formula is C67H130O17P2. The molecule has 0 radical (unpaired) electrons. The van der Waals surface area contributed by atoms with Gasteiger partial charge in [0.1, 0.15) is 19.3 Å². The SMILES string of the molecule is CCC(C)CCCCCCCCC(=O)O[C@H](COC(=O)CCCCCCCCCCCCCCC(C)C)COP(=O)(O)OC[C@@H](O)COP(=O)(O)OC[C@@H](COC(=O)CCCCCCCCC(C)C)OC(=O)CCCCCCCCCCCC(C)C. The van der Waals surface area contributed by atoms with Crippen molar-refractivity contribution in [2.75, 3.05) is 39.6 Å². The molecule has 0 saturated heterocycles. The van der Waals surface area contributed by atoms with Crippen molar-refractivity contribution in [3.05, 3.63) is 0 Å². The van der Waals surface area contributed by atoms with E-state index in [1.54, 1.807) is 0 Å². The number of unbranched alkanes of at least 4 members (excludes halogenated alkanes) is 29. The van der Waals surface area contributed by atoms with Crippen LogP contribution in [0.5, 0.6) is 0 Å². The van der Waals surface area contributed by atoms with Crippen molar-refractivity contribution in [2.24, 2.45) is 23.7 Å². The molecule has 17 nitrogen and oxygen atoms in total. The minimum Gasteiger partial charge on any atom is -0.462 e. The predicted octanol–water partition coefficient (Wildman–Crippen LogP) is 18.5. The van der Waals surface area contributed by atoms with Crippen LogP contribution >= 0.6 is 15.6 Å². The minimum atomic E-state index is -4.95. The highest BCUT2D eigenvalue weighted by Gasteiger charge is 2.30. The maximum Gasteiger partial charge on any atom is 0.472 e. The van der Waals surface area contributed by atoms with Crippen molar-refractivity contribution in [1.29, 1.82) is 0 Å². The lowest BCUT2D eigenvalue weighted by atomic mass is 10.00. The average Bonchev–Trinajstić information content (AvgIpc) is 3.66. The van der Waals surface area contributed by atoms with Crippen LogP contribution in [0.25, 0.3) is 0 Å². The van der Waals surface area contributed by atoms with Gasteiger partial charge in [-0.2, -0.15) is 0 Å². The van der Waals surface area contributed by atoms with E-state index in [4.69, 9.17) is 37.0 Å². The number of aliphatic hydroxyl groups excluding tert-OH is 1. The van der Waals surface area contributed by atoms with Crippen molar-refractivity contribution < 1.29 is 80.2 Å². The van der Waals surface area contributed by atoms with Crippen LogP contribution in [0.15, 0.2) is 0 Å². The Labute approximate surface area is 524 Å². The molecule has 0 aromatic rings. The van der Waals surface area contributed by atoms with Gasteiger partial charge in [0.15, 0.2) is 12.2 Å². The van der Waals surface area contributed by atoms with Crippen LogP contribution in [-0.2, 0) is 65.4 Å². The zero-order chi connectivity index (χ0) is 63.9. The number of phosphoric ester groups is 2. The third-order valence-corrected chi connectivity index (χ3v) is 17.6. The van der Waals surface area contributed by atoms with Gasteiger partial charge in [-0.25, -0.2) is 9.13 Å². The standard InChI is InChI=1S/C67H130O17P2/c1-9-60(8)46-38-30-24-26-34-42-50-67(72)84-63(53-77-64(69)47-39-31-21-17-13-11-10-12-15-19-27-35-43-57(2)3)56-82-86(75,76)80-52-61(68)51-79-85(73,74)81-55-62(54-78-65(70)48-40-32-25-23-29-37-45-59(6)7)83-66(71)49-41-33-22-18-14-16-20-28-36-44-58(4)5/h57-63,68H,9-56H2,1-8H3,(H,73,74)(H,75,76)/t60?,61-,62+,63+/m0/s1. The highest BCUT2D eigenvalue weighted by Crippen LogP contribution is 2.45. The summed E-state index contributed by atoms with van der Waals surface area (Å²) in [5.41, 5.74) is 0. The number of carbonyl (C=O) groups excluding carboxylic acids is 4. The Morgan fingerprint density at radius 3 is 0.826 bits per heavy atom. The van der Waals surface area contributed by atoms with E-state index < -0.39 is 97.5 Å². The molecule has 0 aliphatic carbocycles. The van der Waals surface area contributed by atoms with Gasteiger partial charge in [-0.05, 0) is 49.4 Å². The van der Waals surface area contributed by atoms with Crippen LogP contribution in [0.2, 0.25) is 0 Å². The second-order valence-electron chi connectivity index (χ2n) is 25.9. The Balaban J connectivity index is 5.23. The van der Waals surface area contributed by atoms with E-state index in [9.17, 15) is 43.2 Å². The van der Waals surface area contributed by atoms with E-state index in [1.165, 1.54) is 122 Å². The number of rotatable bonds is 64. The van der Waals surface area contributed by atoms with Crippen LogP contribution < -0.4 is 0 Å². The number of ether oxygens (including phenoxy) is 4. The molecule has 0 heterocycles. The third-order valence-electron chi connectivity index (χ3n) is 15.7. The summed E-state index contributed by atoms with van der Waals surface area (Å²) in [4.78, 5) is 72.3. The first-order valence-corrected chi connectivity index (χ1v) is 37.7. The summed E-state index contributed by atoms with van der Waals surface area (Å²) in [6, 6.07) is 0. The zero-order valence-electron chi connectivity index (χ0n) is 55.9. The smallest absolute Gasteiger partial charge is 0.462 e. The Morgan fingerprint density at radius 2 is 0.558 bits per heavy atom. The maximum absolute atomic E-state index is 13.0. The van der Waals surface area contributed by atoms with Gasteiger partial charge < -0.3 is 33.8 Å². The van der Waals surface area contributed by atoms with E-state index in [0.717, 1.165) is 114 Å². The molecule has 0 bridgehead atoms. The summed E-state index contributed by atoms with van der Waals surface area (Å²) in [7, 11) is -9.90. The second kappa shape index (κ2) is 57.0. The maximum atomic E-state index is 13.0. The van der Waals surface area contributed by atoms with E-state index in [0.29, 0.717) is 31.6 Å². The van der Waals surface area contributed by atoms with Crippen molar-refractivity contribution in [1.82, 2.24) is 0 Å². The molecule has 510 valence electrons. The molecule has 3 unspecified atom stereocenters. The number of aliphatic hydroxyl groups is 1. The first-order chi connectivity index (χ1) is 41.1. The summed E-state index contributed by atoms with van der Waals surface area (Å²) in [5.74, 6) is 0.780. The Morgan fingerprint density at radius 1 is 0.326 bits per heavy atom. The molecule has 86 heavy (non-hydrogen) atoms. The van der Waals surface area contributed by atoms with E-state index >= 15 is 0 Å². The lowest BCUT2D eigenvalue weighted by Crippen LogP contribution is -2.30. The van der Waals surface area contributed by atoms with Crippen molar-refractivity contribution >= 4 is 39.5 Å². The largest absolute Gasteiger partial charge is 0.472 e. The van der Waals surface area contributed by atoms with Gasteiger partial charge in [0.25, 0.3) is 0 Å². The van der Waals surface area contributed by atoms with Gasteiger partial charge in [-0.3, -0.25) is 37.3 Å². The Kier molecular flexibility index (Phi) is 55.7. The molecule has 0 fully saturated rings. The lowest BCUT2D eigenvalue weighted by molar-refractivity contribution is -0.161. The fourth-order valence-corrected chi connectivity index (χ4v) is 11.5. The number of phosphoric acid groups is 2. The predicted molar refractivity (Wildman–Crippen MR) is 344 cm³/mol. The molecule has 0 aromatic carbocycles. The van der Waals surface area contributed by atoms with Crippen LogP contribution in [0.4, 0.5) is 0 Å². The molecule has 0 amide bonds. The summed E-state index contributed by atoms with van der Waals surface area (Å²) in [5, 5.41) is 10.6. The first-order valence-electron chi connectivity index (χ1n) is 34.7. The van der Waals surface area contributed by atoms with E-state index in [1.807, 2.05) is 0 Å². The number of hydrogen-bond donors (Lipinski definition) is 3. The van der Waals surface area contributed by atoms with E-state index in [2.05, 4.69) is 55.4 Å². The van der Waals surface area contributed by atoms with E-state index in [-0.39, 0.29) is 25.7 Å². The number of esters is 4.